The van der Waals surface area contributed by atoms with Crippen molar-refractivity contribution < 1.29 is 0 Å². The maximum atomic E-state index is 6.21. The van der Waals surface area contributed by atoms with E-state index in [0.717, 1.165) is 17.5 Å². The summed E-state index contributed by atoms with van der Waals surface area (Å²) in [6.07, 6.45) is 1.13. The van der Waals surface area contributed by atoms with Gasteiger partial charge < -0.3 is 0 Å². The smallest absolute Gasteiger partial charge is 0.208 e. The lowest BCUT2D eigenvalue weighted by atomic mass is 9.82. The summed E-state index contributed by atoms with van der Waals surface area (Å²) in [7, 11) is 0. The normalized spacial score (nSPS) is 17.1. The van der Waals surface area contributed by atoms with Gasteiger partial charge in [-0.3, -0.25) is 0 Å². The molecule has 1 aliphatic rings. The quantitative estimate of drug-likeness (QED) is 0.576. The van der Waals surface area contributed by atoms with Crippen LogP contribution in [0.1, 0.15) is 45.2 Å². The molecule has 0 N–H and O–H groups in total. The molecule has 0 atom stereocenters. The summed E-state index contributed by atoms with van der Waals surface area (Å²) in [5.74, 6) is 1.22. The van der Waals surface area contributed by atoms with Crippen molar-refractivity contribution in [3.8, 4) is 22.8 Å². The molecule has 3 aromatic rings. The Kier molecular flexibility index (Phi) is 3.89. The van der Waals surface area contributed by atoms with E-state index in [-0.39, 0.29) is 16.1 Å². The minimum atomic E-state index is 0.133. The third-order valence-corrected chi connectivity index (χ3v) is 5.43. The van der Waals surface area contributed by atoms with Gasteiger partial charge in [0.15, 0.2) is 11.6 Å². The molecule has 1 aliphatic carbocycles. The molecule has 132 valence electrons. The SMILES string of the molecule is CC1(C)CC(C)(C)c2cc(-c3nc(Cl)nc(-c4ccccc4)n3)ccc21. The van der Waals surface area contributed by atoms with Crippen LogP contribution < -0.4 is 0 Å². The standard InChI is InChI=1S/C22H22ClN3/c1-21(2)13-22(3,4)17-12-15(10-11-16(17)21)19-24-18(25-20(23)26-19)14-8-6-5-7-9-14/h5-12H,13H2,1-4H3. The molecule has 0 aliphatic heterocycles. The van der Waals surface area contributed by atoms with Crippen LogP contribution in [0.5, 0.6) is 0 Å². The van der Waals surface area contributed by atoms with Crippen LogP contribution >= 0.6 is 11.6 Å². The largest absolute Gasteiger partial charge is 0.226 e. The minimum Gasteiger partial charge on any atom is -0.208 e. The van der Waals surface area contributed by atoms with Crippen LogP contribution in [0.4, 0.5) is 0 Å². The molecule has 0 saturated carbocycles. The molecule has 0 amide bonds. The number of benzene rings is 2. The summed E-state index contributed by atoms with van der Waals surface area (Å²) < 4.78 is 0. The molecule has 4 rings (SSSR count). The molecule has 3 nitrogen and oxygen atoms in total. The highest BCUT2D eigenvalue weighted by molar-refractivity contribution is 6.28. The van der Waals surface area contributed by atoms with Gasteiger partial charge in [-0.1, -0.05) is 70.2 Å². The van der Waals surface area contributed by atoms with E-state index in [4.69, 9.17) is 11.6 Å². The van der Waals surface area contributed by atoms with Gasteiger partial charge in [0, 0.05) is 11.1 Å². The molecule has 0 unspecified atom stereocenters. The van der Waals surface area contributed by atoms with E-state index < -0.39 is 0 Å². The van der Waals surface area contributed by atoms with Crippen molar-refractivity contribution >= 4 is 11.6 Å². The average Bonchev–Trinajstić information content (AvgIpc) is 2.79. The number of rotatable bonds is 2. The average molecular weight is 364 g/mol. The Morgan fingerprint density at radius 2 is 1.35 bits per heavy atom. The van der Waals surface area contributed by atoms with E-state index in [9.17, 15) is 0 Å². The van der Waals surface area contributed by atoms with E-state index in [1.54, 1.807) is 0 Å². The Hall–Kier alpha value is -2.26. The molecule has 4 heteroatoms. The first kappa shape index (κ1) is 17.2. The lowest BCUT2D eigenvalue weighted by molar-refractivity contribution is 0.403. The predicted octanol–water partition coefficient (Wildman–Crippen LogP) is 5.82. The Labute approximate surface area is 159 Å². The zero-order valence-corrected chi connectivity index (χ0v) is 16.3. The van der Waals surface area contributed by atoms with Crippen molar-refractivity contribution in [2.45, 2.75) is 44.9 Å². The summed E-state index contributed by atoms with van der Waals surface area (Å²) in [5.41, 5.74) is 5.01. The molecular weight excluding hydrogens is 342 g/mol. The lowest BCUT2D eigenvalue weighted by Gasteiger charge is -2.22. The number of hydrogen-bond donors (Lipinski definition) is 0. The Balaban J connectivity index is 1.84. The van der Waals surface area contributed by atoms with Gasteiger partial charge in [-0.15, -0.1) is 0 Å². The summed E-state index contributed by atoms with van der Waals surface area (Å²) in [4.78, 5) is 13.4. The van der Waals surface area contributed by atoms with Gasteiger partial charge in [-0.25, -0.2) is 4.98 Å². The van der Waals surface area contributed by atoms with Crippen LogP contribution in [0.2, 0.25) is 5.28 Å². The number of fused-ring (bicyclic) bond motifs is 1. The number of aromatic nitrogens is 3. The molecular formula is C22H22ClN3. The van der Waals surface area contributed by atoms with Crippen molar-refractivity contribution in [3.63, 3.8) is 0 Å². The summed E-state index contributed by atoms with van der Waals surface area (Å²) in [6.45, 7) is 9.24. The first-order chi connectivity index (χ1) is 12.3. The highest BCUT2D eigenvalue weighted by atomic mass is 35.5. The molecule has 0 saturated heterocycles. The maximum absolute atomic E-state index is 6.21. The van der Waals surface area contributed by atoms with E-state index in [2.05, 4.69) is 60.8 Å². The van der Waals surface area contributed by atoms with Gasteiger partial charge in [0.05, 0.1) is 0 Å². The third kappa shape index (κ3) is 2.90. The third-order valence-electron chi connectivity index (χ3n) is 5.26. The fraction of sp³-hybridized carbons (Fsp3) is 0.318. The van der Waals surface area contributed by atoms with Crippen LogP contribution in [-0.4, -0.2) is 15.0 Å². The number of hydrogen-bond acceptors (Lipinski definition) is 3. The van der Waals surface area contributed by atoms with Crippen molar-refractivity contribution in [3.05, 3.63) is 64.9 Å². The first-order valence-corrected chi connectivity index (χ1v) is 9.26. The van der Waals surface area contributed by atoms with Crippen LogP contribution in [0.3, 0.4) is 0 Å². The highest BCUT2D eigenvalue weighted by Crippen LogP contribution is 2.50. The van der Waals surface area contributed by atoms with Crippen molar-refractivity contribution in [2.24, 2.45) is 0 Å². The molecule has 0 radical (unpaired) electrons. The second-order valence-corrected chi connectivity index (χ2v) is 8.66. The van der Waals surface area contributed by atoms with Crippen molar-refractivity contribution in [2.75, 3.05) is 0 Å². The first-order valence-electron chi connectivity index (χ1n) is 8.89. The molecule has 1 heterocycles. The van der Waals surface area contributed by atoms with Gasteiger partial charge in [-0.2, -0.15) is 9.97 Å². The molecule has 2 aromatic carbocycles. The van der Waals surface area contributed by atoms with Crippen LogP contribution in [0.25, 0.3) is 22.8 Å². The van der Waals surface area contributed by atoms with E-state index in [1.807, 2.05) is 30.3 Å². The Bertz CT molecular complexity index is 978. The van der Waals surface area contributed by atoms with Crippen LogP contribution in [-0.2, 0) is 10.8 Å². The molecule has 1 aromatic heterocycles. The fourth-order valence-electron chi connectivity index (χ4n) is 4.32. The van der Waals surface area contributed by atoms with E-state index in [0.29, 0.717) is 11.6 Å². The van der Waals surface area contributed by atoms with Crippen LogP contribution in [0.15, 0.2) is 48.5 Å². The Morgan fingerprint density at radius 1 is 0.731 bits per heavy atom. The minimum absolute atomic E-state index is 0.133. The highest BCUT2D eigenvalue weighted by Gasteiger charge is 2.41. The van der Waals surface area contributed by atoms with E-state index in [1.165, 1.54) is 11.1 Å². The second kappa shape index (κ2) is 5.88. The molecule has 0 fully saturated rings. The fourth-order valence-corrected chi connectivity index (χ4v) is 4.48. The molecule has 0 bridgehead atoms. The van der Waals surface area contributed by atoms with Crippen molar-refractivity contribution in [1.29, 1.82) is 0 Å². The maximum Gasteiger partial charge on any atom is 0.226 e. The zero-order chi connectivity index (χ0) is 18.5. The monoisotopic (exact) mass is 363 g/mol. The van der Waals surface area contributed by atoms with Gasteiger partial charge in [0.25, 0.3) is 0 Å². The number of halogens is 1. The van der Waals surface area contributed by atoms with Gasteiger partial charge in [0.2, 0.25) is 5.28 Å². The Morgan fingerprint density at radius 3 is 2.04 bits per heavy atom. The number of nitrogens with zero attached hydrogens (tertiary/aromatic N) is 3. The molecule has 26 heavy (non-hydrogen) atoms. The van der Waals surface area contributed by atoms with Gasteiger partial charge in [-0.05, 0) is 46.0 Å². The molecule has 0 spiro atoms. The van der Waals surface area contributed by atoms with Gasteiger partial charge >= 0.3 is 0 Å². The summed E-state index contributed by atoms with van der Waals surface area (Å²) in [5, 5.41) is 0.217. The predicted molar refractivity (Wildman–Crippen MR) is 106 cm³/mol. The second-order valence-electron chi connectivity index (χ2n) is 8.32. The summed E-state index contributed by atoms with van der Waals surface area (Å²) in [6, 6.07) is 16.4. The van der Waals surface area contributed by atoms with E-state index >= 15 is 0 Å². The van der Waals surface area contributed by atoms with Gasteiger partial charge in [0.1, 0.15) is 0 Å². The lowest BCUT2D eigenvalue weighted by Crippen LogP contribution is -2.17. The zero-order valence-electron chi connectivity index (χ0n) is 15.5. The summed E-state index contributed by atoms with van der Waals surface area (Å²) >= 11 is 6.21. The van der Waals surface area contributed by atoms with Crippen molar-refractivity contribution in [1.82, 2.24) is 15.0 Å². The van der Waals surface area contributed by atoms with Crippen LogP contribution in [0, 0.1) is 0 Å². The topological polar surface area (TPSA) is 38.7 Å².